The molecule has 4 heteroatoms. The summed E-state index contributed by atoms with van der Waals surface area (Å²) in [6.45, 7) is 8.63. The zero-order valence-electron chi connectivity index (χ0n) is 13.7. The number of hydrogen-bond donors (Lipinski definition) is 0. The van der Waals surface area contributed by atoms with Crippen molar-refractivity contribution in [2.45, 2.75) is 50.7 Å². The highest BCUT2D eigenvalue weighted by Crippen LogP contribution is 2.32. The second-order valence-corrected chi connectivity index (χ2v) is 12.5. The highest BCUT2D eigenvalue weighted by atomic mass is 28.4. The first-order valence-electron chi connectivity index (χ1n) is 8.58. The van der Waals surface area contributed by atoms with Crippen LogP contribution >= 0.6 is 0 Å². The molecule has 0 aliphatic carbocycles. The molecule has 2 fully saturated rings. The van der Waals surface area contributed by atoms with E-state index in [0.717, 1.165) is 19.3 Å². The van der Waals surface area contributed by atoms with Crippen molar-refractivity contribution < 1.29 is 8.85 Å². The van der Waals surface area contributed by atoms with Gasteiger partial charge >= 0.3 is 0 Å². The van der Waals surface area contributed by atoms with Crippen LogP contribution in [0.15, 0.2) is 36.0 Å². The van der Waals surface area contributed by atoms with Crippen LogP contribution in [0.25, 0.3) is 0 Å². The van der Waals surface area contributed by atoms with Gasteiger partial charge in [0.05, 0.1) is 0 Å². The van der Waals surface area contributed by atoms with E-state index in [1.165, 1.54) is 53.7 Å². The molecule has 2 aliphatic rings. The van der Waals surface area contributed by atoms with Crippen LogP contribution in [-0.2, 0) is 8.85 Å². The van der Waals surface area contributed by atoms with E-state index in [1.807, 2.05) is 0 Å². The van der Waals surface area contributed by atoms with Crippen molar-refractivity contribution in [3.63, 3.8) is 0 Å². The summed E-state index contributed by atoms with van der Waals surface area (Å²) in [7, 11) is -2.74. The second kappa shape index (κ2) is 7.26. The average molecular weight is 332 g/mol. The number of benzene rings is 1. The predicted octanol–water partition coefficient (Wildman–Crippen LogP) is 3.86. The smallest absolute Gasteiger partial charge is 0.251 e. The van der Waals surface area contributed by atoms with Gasteiger partial charge < -0.3 is 8.85 Å². The zero-order valence-corrected chi connectivity index (χ0v) is 15.7. The molecule has 0 saturated carbocycles. The van der Waals surface area contributed by atoms with E-state index >= 15 is 0 Å². The Morgan fingerprint density at radius 3 is 2.68 bits per heavy atom. The third-order valence-corrected chi connectivity index (χ3v) is 12.2. The maximum atomic E-state index is 6.54. The van der Waals surface area contributed by atoms with Gasteiger partial charge in [-0.1, -0.05) is 42.3 Å². The van der Waals surface area contributed by atoms with Gasteiger partial charge in [0.1, 0.15) is 0 Å². The number of hydrogen-bond acceptors (Lipinski definition) is 2. The van der Waals surface area contributed by atoms with Crippen LogP contribution in [0.2, 0.25) is 18.1 Å². The number of rotatable bonds is 4. The lowest BCUT2D eigenvalue weighted by Gasteiger charge is -2.39. The Bertz CT molecular complexity index is 518. The molecule has 22 heavy (non-hydrogen) atoms. The Kier molecular flexibility index (Phi) is 5.34. The van der Waals surface area contributed by atoms with Crippen LogP contribution in [0.5, 0.6) is 0 Å². The molecule has 119 valence electrons. The lowest BCUT2D eigenvalue weighted by molar-refractivity contribution is 0.277. The number of allylic oxidation sites excluding steroid dienone is 1. The summed E-state index contributed by atoms with van der Waals surface area (Å²) in [6, 6.07) is 12.4. The van der Waals surface area contributed by atoms with Crippen LogP contribution < -0.4 is 5.19 Å². The summed E-state index contributed by atoms with van der Waals surface area (Å²) >= 11 is 0. The van der Waals surface area contributed by atoms with Gasteiger partial charge in [-0.15, -0.1) is 6.58 Å². The lowest BCUT2D eigenvalue weighted by atomic mass is 10.2. The lowest BCUT2D eigenvalue weighted by Crippen LogP contribution is -2.56. The first kappa shape index (κ1) is 16.2. The van der Waals surface area contributed by atoms with Gasteiger partial charge in [-0.3, -0.25) is 0 Å². The minimum atomic E-state index is -2.04. The SMILES string of the molecule is C=C(C[Si]1CCCCO1)[Si]1(c2ccccc2C)CCCCO1. The molecule has 0 aromatic heterocycles. The fraction of sp³-hybridized carbons (Fsp3) is 0.556. The maximum Gasteiger partial charge on any atom is 0.251 e. The van der Waals surface area contributed by atoms with E-state index in [1.54, 1.807) is 0 Å². The molecule has 1 radical (unpaired) electrons. The van der Waals surface area contributed by atoms with Crippen molar-refractivity contribution in [3.05, 3.63) is 41.6 Å². The molecule has 0 bridgehead atoms. The fourth-order valence-corrected chi connectivity index (χ4v) is 11.3. The molecule has 1 aromatic carbocycles. The zero-order chi connectivity index (χ0) is 15.4. The van der Waals surface area contributed by atoms with Crippen molar-refractivity contribution in [2.24, 2.45) is 0 Å². The first-order valence-corrected chi connectivity index (χ1v) is 12.5. The minimum Gasteiger partial charge on any atom is -0.416 e. The topological polar surface area (TPSA) is 18.5 Å². The summed E-state index contributed by atoms with van der Waals surface area (Å²) in [5, 5.41) is 2.84. The van der Waals surface area contributed by atoms with Crippen LogP contribution in [-0.4, -0.2) is 30.6 Å². The van der Waals surface area contributed by atoms with Crippen LogP contribution in [0.3, 0.4) is 0 Å². The molecule has 3 rings (SSSR count). The van der Waals surface area contributed by atoms with E-state index in [-0.39, 0.29) is 0 Å². The minimum absolute atomic E-state index is 0.698. The normalized spacial score (nSPS) is 26.8. The van der Waals surface area contributed by atoms with Crippen LogP contribution in [0.4, 0.5) is 0 Å². The summed E-state index contributed by atoms with van der Waals surface area (Å²) in [5.41, 5.74) is 1.37. The van der Waals surface area contributed by atoms with Gasteiger partial charge in [0.2, 0.25) is 9.04 Å². The third kappa shape index (κ3) is 3.30. The molecule has 2 nitrogen and oxygen atoms in total. The molecule has 2 heterocycles. The van der Waals surface area contributed by atoms with E-state index in [0.29, 0.717) is 0 Å². The average Bonchev–Trinajstić information content (AvgIpc) is 2.57. The van der Waals surface area contributed by atoms with Crippen LogP contribution in [0.1, 0.15) is 31.2 Å². The van der Waals surface area contributed by atoms with Gasteiger partial charge in [0.25, 0.3) is 8.32 Å². The molecule has 2 aliphatic heterocycles. The Hall–Kier alpha value is -0.686. The monoisotopic (exact) mass is 331 g/mol. The highest BCUT2D eigenvalue weighted by molar-refractivity contribution is 6.93. The van der Waals surface area contributed by atoms with Crippen molar-refractivity contribution in [2.75, 3.05) is 13.2 Å². The fourth-order valence-electron chi connectivity index (χ4n) is 3.74. The van der Waals surface area contributed by atoms with Crippen molar-refractivity contribution >= 4 is 22.5 Å². The standard InChI is InChI=1S/C18H27O2Si2/c1-16-9-3-4-10-18(16)22(14-8-6-12-20-22)17(2)15-21-13-7-5-11-19-21/h3-4,9-10H,2,5-8,11-15H2,1H3. The highest BCUT2D eigenvalue weighted by Gasteiger charge is 2.43. The van der Waals surface area contributed by atoms with Crippen molar-refractivity contribution in [1.82, 2.24) is 0 Å². The summed E-state index contributed by atoms with van der Waals surface area (Å²) in [5.74, 6) is 0. The van der Waals surface area contributed by atoms with Crippen molar-refractivity contribution in [3.8, 4) is 0 Å². The predicted molar refractivity (Wildman–Crippen MR) is 96.3 cm³/mol. The van der Waals surface area contributed by atoms with Crippen LogP contribution in [0, 0.1) is 6.92 Å². The van der Waals surface area contributed by atoms with Gasteiger partial charge in [-0.25, -0.2) is 0 Å². The Balaban J connectivity index is 1.85. The molecule has 1 unspecified atom stereocenters. The van der Waals surface area contributed by atoms with Crippen molar-refractivity contribution in [1.29, 1.82) is 0 Å². The van der Waals surface area contributed by atoms with Gasteiger partial charge in [0, 0.05) is 13.2 Å². The Labute approximate surface area is 137 Å². The summed E-state index contributed by atoms with van der Waals surface area (Å²) in [6.07, 6.45) is 5.05. The first-order chi connectivity index (χ1) is 10.7. The molecule has 1 aromatic rings. The van der Waals surface area contributed by atoms with Gasteiger partial charge in [0.15, 0.2) is 0 Å². The Morgan fingerprint density at radius 2 is 2.00 bits per heavy atom. The van der Waals surface area contributed by atoms with E-state index in [2.05, 4.69) is 37.8 Å². The quantitative estimate of drug-likeness (QED) is 0.780. The molecule has 0 spiro atoms. The molecular formula is C18H27O2Si2. The molecular weight excluding hydrogens is 304 g/mol. The van der Waals surface area contributed by atoms with Gasteiger partial charge in [-0.05, 0) is 48.6 Å². The van der Waals surface area contributed by atoms with E-state index < -0.39 is 17.4 Å². The molecule has 2 saturated heterocycles. The molecule has 0 N–H and O–H groups in total. The second-order valence-electron chi connectivity index (χ2n) is 6.57. The molecule has 1 atom stereocenters. The third-order valence-electron chi connectivity index (χ3n) is 4.99. The number of aryl methyl sites for hydroxylation is 1. The van der Waals surface area contributed by atoms with Gasteiger partial charge in [-0.2, -0.15) is 0 Å². The van der Waals surface area contributed by atoms with E-state index in [4.69, 9.17) is 8.85 Å². The largest absolute Gasteiger partial charge is 0.416 e. The maximum absolute atomic E-state index is 6.54. The van der Waals surface area contributed by atoms with E-state index in [9.17, 15) is 0 Å². The Morgan fingerprint density at radius 1 is 1.18 bits per heavy atom. The summed E-state index contributed by atoms with van der Waals surface area (Å²) in [4.78, 5) is 0. The summed E-state index contributed by atoms with van der Waals surface area (Å²) < 4.78 is 12.6. The molecule has 0 amide bonds.